The van der Waals surface area contributed by atoms with Crippen molar-refractivity contribution >= 4 is 45.9 Å². The average Bonchev–Trinajstić information content (AvgIpc) is 3.45. The van der Waals surface area contributed by atoms with Crippen LogP contribution < -0.4 is 4.90 Å². The second-order valence-electron chi connectivity index (χ2n) is 7.42. The normalized spacial score (nSPS) is 17.4. The molecule has 1 aromatic carbocycles. The Bertz CT molecular complexity index is 1080. The number of nitrogens with zero attached hydrogens (tertiary/aromatic N) is 4. The number of aromatic nitrogens is 3. The molecule has 0 spiro atoms. The second kappa shape index (κ2) is 9.40. The Labute approximate surface area is 189 Å². The van der Waals surface area contributed by atoms with Crippen molar-refractivity contribution in [2.24, 2.45) is 0 Å². The maximum absolute atomic E-state index is 10.7. The minimum Gasteiger partial charge on any atom is -0.481 e. The Morgan fingerprint density at radius 2 is 2.19 bits per heavy atom. The highest BCUT2D eigenvalue weighted by Gasteiger charge is 2.32. The van der Waals surface area contributed by atoms with Crippen LogP contribution >= 0.6 is 23.2 Å². The molecule has 0 bridgehead atoms. The molecule has 0 unspecified atom stereocenters. The van der Waals surface area contributed by atoms with Gasteiger partial charge in [-0.15, -0.1) is 0 Å². The van der Waals surface area contributed by atoms with E-state index in [0.717, 1.165) is 30.5 Å². The summed E-state index contributed by atoms with van der Waals surface area (Å²) in [6.07, 6.45) is 6.02. The lowest BCUT2D eigenvalue weighted by atomic mass is 10.1. The summed E-state index contributed by atoms with van der Waals surface area (Å²) in [5.41, 5.74) is 1.43. The largest absolute Gasteiger partial charge is 0.481 e. The number of imidazole rings is 1. The van der Waals surface area contributed by atoms with E-state index in [4.69, 9.17) is 38.0 Å². The lowest BCUT2D eigenvalue weighted by Crippen LogP contribution is -2.42. The van der Waals surface area contributed by atoms with Crippen LogP contribution in [-0.2, 0) is 9.53 Å². The molecule has 8 nitrogen and oxygen atoms in total. The number of aliphatic hydroxyl groups is 1. The Balaban J connectivity index is 1.66. The zero-order valence-corrected chi connectivity index (χ0v) is 18.1. The molecule has 164 valence electrons. The van der Waals surface area contributed by atoms with Crippen LogP contribution in [0.1, 0.15) is 19.3 Å². The molecule has 3 aromatic rings. The molecule has 1 aliphatic rings. The fourth-order valence-corrected chi connectivity index (χ4v) is 4.28. The number of aliphatic hydroxyl groups excluding tert-OH is 1. The maximum Gasteiger partial charge on any atom is 0.305 e. The summed E-state index contributed by atoms with van der Waals surface area (Å²) in [6, 6.07) is 5.36. The highest BCUT2D eigenvalue weighted by molar-refractivity contribution is 6.45. The SMILES string of the molecule is O=C(O)CCOC[C@H](O)[C@@H]1CCCN1c1cc(-n2ccnc2)c2ccc(Cl)c(Cl)c2n1. The lowest BCUT2D eigenvalue weighted by Gasteiger charge is -2.30. The third-order valence-corrected chi connectivity index (χ3v) is 6.20. The van der Waals surface area contributed by atoms with Crippen molar-refractivity contribution in [3.8, 4) is 5.69 Å². The van der Waals surface area contributed by atoms with Crippen molar-refractivity contribution < 1.29 is 19.7 Å². The Morgan fingerprint density at radius 1 is 1.35 bits per heavy atom. The van der Waals surface area contributed by atoms with Crippen molar-refractivity contribution in [3.05, 3.63) is 47.0 Å². The first-order chi connectivity index (χ1) is 15.0. The van der Waals surface area contributed by atoms with Crippen LogP contribution in [-0.4, -0.2) is 62.6 Å². The van der Waals surface area contributed by atoms with Crippen molar-refractivity contribution in [1.29, 1.82) is 0 Å². The van der Waals surface area contributed by atoms with Crippen molar-refractivity contribution in [1.82, 2.24) is 14.5 Å². The summed E-state index contributed by atoms with van der Waals surface area (Å²) < 4.78 is 7.24. The number of carbonyl (C=O) groups is 1. The van der Waals surface area contributed by atoms with Gasteiger partial charge >= 0.3 is 5.97 Å². The molecule has 0 radical (unpaired) electrons. The third-order valence-electron chi connectivity index (χ3n) is 5.41. The molecule has 0 amide bonds. The molecule has 10 heteroatoms. The monoisotopic (exact) mass is 464 g/mol. The highest BCUT2D eigenvalue weighted by atomic mass is 35.5. The van der Waals surface area contributed by atoms with Gasteiger partial charge in [0.2, 0.25) is 0 Å². The van der Waals surface area contributed by atoms with E-state index in [2.05, 4.69) is 4.98 Å². The van der Waals surface area contributed by atoms with Crippen LogP contribution in [0.5, 0.6) is 0 Å². The minimum atomic E-state index is -0.931. The Morgan fingerprint density at radius 3 is 2.94 bits per heavy atom. The van der Waals surface area contributed by atoms with Gasteiger partial charge in [0, 0.05) is 30.4 Å². The van der Waals surface area contributed by atoms with Crippen molar-refractivity contribution in [3.63, 3.8) is 0 Å². The number of aliphatic carboxylic acids is 1. The lowest BCUT2D eigenvalue weighted by molar-refractivity contribution is -0.138. The quantitative estimate of drug-likeness (QED) is 0.491. The molecule has 0 saturated carbocycles. The average molecular weight is 465 g/mol. The van der Waals surface area contributed by atoms with Gasteiger partial charge in [-0.3, -0.25) is 4.79 Å². The number of carboxylic acid groups (broad SMARTS) is 1. The van der Waals surface area contributed by atoms with E-state index >= 15 is 0 Å². The van der Waals surface area contributed by atoms with Gasteiger partial charge < -0.3 is 24.4 Å². The van der Waals surface area contributed by atoms with Crippen LogP contribution in [0, 0.1) is 0 Å². The van der Waals surface area contributed by atoms with Gasteiger partial charge in [0.1, 0.15) is 5.82 Å². The molecule has 2 N–H and O–H groups in total. The summed E-state index contributed by atoms with van der Waals surface area (Å²) >= 11 is 12.7. The van der Waals surface area contributed by atoms with Gasteiger partial charge in [-0.05, 0) is 25.0 Å². The molecule has 2 atom stereocenters. The Kier molecular flexibility index (Phi) is 6.62. The van der Waals surface area contributed by atoms with E-state index in [-0.39, 0.29) is 25.7 Å². The first-order valence-corrected chi connectivity index (χ1v) is 10.7. The number of hydrogen-bond donors (Lipinski definition) is 2. The van der Waals surface area contributed by atoms with Gasteiger partial charge in [-0.2, -0.15) is 0 Å². The summed E-state index contributed by atoms with van der Waals surface area (Å²) in [5.74, 6) is -0.257. The molecule has 1 fully saturated rings. The molecule has 1 aliphatic heterocycles. The maximum atomic E-state index is 10.7. The zero-order valence-electron chi connectivity index (χ0n) is 16.6. The van der Waals surface area contributed by atoms with Gasteiger partial charge in [-0.1, -0.05) is 23.2 Å². The van der Waals surface area contributed by atoms with Crippen LogP contribution in [0.25, 0.3) is 16.6 Å². The summed E-state index contributed by atoms with van der Waals surface area (Å²) in [4.78, 5) is 21.6. The van der Waals surface area contributed by atoms with Crippen LogP contribution in [0.3, 0.4) is 0 Å². The fourth-order valence-electron chi connectivity index (χ4n) is 3.92. The first-order valence-electron chi connectivity index (χ1n) is 9.97. The summed E-state index contributed by atoms with van der Waals surface area (Å²) in [5, 5.41) is 21.1. The zero-order chi connectivity index (χ0) is 22.0. The molecule has 0 aliphatic carbocycles. The molecular weight excluding hydrogens is 443 g/mol. The third kappa shape index (κ3) is 4.62. The van der Waals surface area contributed by atoms with Crippen molar-refractivity contribution in [2.45, 2.75) is 31.4 Å². The predicted molar refractivity (Wildman–Crippen MR) is 118 cm³/mol. The first kappa shape index (κ1) is 21.8. The van der Waals surface area contributed by atoms with E-state index < -0.39 is 12.1 Å². The van der Waals surface area contributed by atoms with Gasteiger partial charge in [0.15, 0.2) is 0 Å². The van der Waals surface area contributed by atoms with Crippen molar-refractivity contribution in [2.75, 3.05) is 24.7 Å². The predicted octanol–water partition coefficient (Wildman–Crippen LogP) is 3.55. The number of benzene rings is 1. The van der Waals surface area contributed by atoms with E-state index in [1.54, 1.807) is 18.6 Å². The molecule has 2 aromatic heterocycles. The number of hydrogen-bond acceptors (Lipinski definition) is 6. The number of anilines is 1. The molecular formula is C21H22Cl2N4O4. The molecule has 3 heterocycles. The van der Waals surface area contributed by atoms with E-state index in [0.29, 0.717) is 21.4 Å². The number of fused-ring (bicyclic) bond motifs is 1. The van der Waals surface area contributed by atoms with Crippen LogP contribution in [0.2, 0.25) is 10.0 Å². The van der Waals surface area contributed by atoms with Crippen LogP contribution in [0.4, 0.5) is 5.82 Å². The number of carboxylic acids is 1. The molecule has 31 heavy (non-hydrogen) atoms. The Hall–Kier alpha value is -2.39. The fraction of sp³-hybridized carbons (Fsp3) is 0.381. The number of ether oxygens (including phenoxy) is 1. The van der Waals surface area contributed by atoms with E-state index in [9.17, 15) is 9.90 Å². The second-order valence-corrected chi connectivity index (χ2v) is 8.20. The smallest absolute Gasteiger partial charge is 0.305 e. The summed E-state index contributed by atoms with van der Waals surface area (Å²) in [7, 11) is 0. The standard InChI is InChI=1S/C21H22Cl2N4O4/c22-14-4-3-13-16(26-8-6-24-12-26)10-18(25-21(13)20(14)23)27-7-1-2-15(27)17(28)11-31-9-5-19(29)30/h3-4,6,8,10,12,15,17,28H,1-2,5,7,9,11H2,(H,29,30)/t15-,17-/m0/s1. The van der Waals surface area contributed by atoms with E-state index in [1.165, 1.54) is 0 Å². The number of halogens is 2. The van der Waals surface area contributed by atoms with Gasteiger partial charge in [0.05, 0.1) is 59.4 Å². The molecule has 4 rings (SSSR count). The van der Waals surface area contributed by atoms with E-state index in [1.807, 2.05) is 27.8 Å². The number of pyridine rings is 1. The highest BCUT2D eigenvalue weighted by Crippen LogP contribution is 2.36. The minimum absolute atomic E-state index is 0.0585. The molecule has 1 saturated heterocycles. The summed E-state index contributed by atoms with van der Waals surface area (Å²) in [6.45, 7) is 0.839. The van der Waals surface area contributed by atoms with Crippen LogP contribution in [0.15, 0.2) is 36.9 Å². The van der Waals surface area contributed by atoms with Gasteiger partial charge in [0.25, 0.3) is 0 Å². The van der Waals surface area contributed by atoms with Gasteiger partial charge in [-0.25, -0.2) is 9.97 Å². The topological polar surface area (TPSA) is 101 Å². The number of rotatable bonds is 8.